The van der Waals surface area contributed by atoms with Gasteiger partial charge in [-0.1, -0.05) is 64.6 Å². The highest BCUT2D eigenvalue weighted by atomic mass is 35.5. The van der Waals surface area contributed by atoms with Crippen LogP contribution in [-0.2, 0) is 14.9 Å². The molecule has 0 saturated carbocycles. The van der Waals surface area contributed by atoms with E-state index in [0.29, 0.717) is 5.02 Å². The van der Waals surface area contributed by atoms with Gasteiger partial charge in [0.15, 0.2) is 4.75 Å². The summed E-state index contributed by atoms with van der Waals surface area (Å²) in [6.45, 7) is 0. The van der Waals surface area contributed by atoms with Gasteiger partial charge >= 0.3 is 0 Å². The van der Waals surface area contributed by atoms with Gasteiger partial charge in [0.25, 0.3) is 10.1 Å². The van der Waals surface area contributed by atoms with Crippen molar-refractivity contribution in [1.29, 1.82) is 0 Å². The zero-order valence-corrected chi connectivity index (χ0v) is 18.1. The topological polar surface area (TPSA) is 94.8 Å². The van der Waals surface area contributed by atoms with Crippen molar-refractivity contribution >= 4 is 56.5 Å². The molecule has 5 nitrogen and oxygen atoms in total. The number of benzene rings is 3. The van der Waals surface area contributed by atoms with Crippen LogP contribution in [0.3, 0.4) is 0 Å². The van der Waals surface area contributed by atoms with Crippen molar-refractivity contribution in [3.05, 3.63) is 91.4 Å². The van der Waals surface area contributed by atoms with Gasteiger partial charge in [-0.05, 0) is 42.0 Å². The molecule has 0 heterocycles. The van der Waals surface area contributed by atoms with Crippen LogP contribution in [0.4, 0.5) is 0 Å². The Balaban J connectivity index is 2.63. The average molecular weight is 494 g/mol. The van der Waals surface area contributed by atoms with Gasteiger partial charge in [0.2, 0.25) is 0 Å². The lowest BCUT2D eigenvalue weighted by atomic mass is 9.83. The maximum Gasteiger partial charge on any atom is 0.283 e. The number of halogens is 4. The van der Waals surface area contributed by atoms with Gasteiger partial charge in [0.05, 0.1) is 15.6 Å². The van der Waals surface area contributed by atoms with Crippen LogP contribution in [-0.4, -0.2) is 23.2 Å². The smallest absolute Gasteiger partial charge is 0.283 e. The van der Waals surface area contributed by atoms with Crippen LogP contribution in [0.15, 0.2) is 54.6 Å². The molecule has 0 saturated heterocycles. The van der Waals surface area contributed by atoms with Crippen molar-refractivity contribution in [3.8, 4) is 11.5 Å². The Labute approximate surface area is 186 Å². The molecular weight excluding hydrogens is 482 g/mol. The summed E-state index contributed by atoms with van der Waals surface area (Å²) in [5.74, 6) is -1.19. The molecular formula is C19H12Cl4O5S. The summed E-state index contributed by atoms with van der Waals surface area (Å²) in [6, 6.07) is 11.4. The van der Waals surface area contributed by atoms with E-state index in [4.69, 9.17) is 46.4 Å². The van der Waals surface area contributed by atoms with Crippen LogP contribution in [0.5, 0.6) is 11.5 Å². The Kier molecular flexibility index (Phi) is 5.98. The predicted octanol–water partition coefficient (Wildman–Crippen LogP) is 5.89. The Bertz CT molecular complexity index is 1180. The zero-order valence-electron chi connectivity index (χ0n) is 14.3. The molecule has 1 unspecified atom stereocenters. The van der Waals surface area contributed by atoms with Crippen LogP contribution in [0.25, 0.3) is 0 Å². The molecule has 0 aromatic heterocycles. The van der Waals surface area contributed by atoms with Crippen molar-refractivity contribution in [2.45, 2.75) is 4.75 Å². The fourth-order valence-electron chi connectivity index (χ4n) is 3.22. The second-order valence-electron chi connectivity index (χ2n) is 6.08. The molecule has 1 atom stereocenters. The van der Waals surface area contributed by atoms with E-state index < -0.39 is 31.9 Å². The molecule has 0 aliphatic rings. The molecule has 10 heteroatoms. The molecule has 152 valence electrons. The summed E-state index contributed by atoms with van der Waals surface area (Å²) >= 11 is 24.3. The van der Waals surface area contributed by atoms with Gasteiger partial charge in [-0.15, -0.1) is 0 Å². The molecule has 3 N–H and O–H groups in total. The van der Waals surface area contributed by atoms with Crippen molar-refractivity contribution in [1.82, 2.24) is 0 Å². The van der Waals surface area contributed by atoms with E-state index in [2.05, 4.69) is 0 Å². The monoisotopic (exact) mass is 492 g/mol. The molecule has 3 aromatic rings. The lowest BCUT2D eigenvalue weighted by molar-refractivity contribution is 0.416. The molecule has 0 spiro atoms. The highest BCUT2D eigenvalue weighted by molar-refractivity contribution is 7.87. The predicted molar refractivity (Wildman–Crippen MR) is 114 cm³/mol. The van der Waals surface area contributed by atoms with Crippen LogP contribution in [0.1, 0.15) is 16.7 Å². The Morgan fingerprint density at radius 1 is 0.759 bits per heavy atom. The SMILES string of the molecule is O=S(=O)(O)C(c1ccc(Cl)cc1)(c1cc(Cl)c(Cl)cc1Cl)c1c(O)cccc1O. The third kappa shape index (κ3) is 3.65. The van der Waals surface area contributed by atoms with Crippen LogP contribution in [0.2, 0.25) is 20.1 Å². The number of hydrogen-bond donors (Lipinski definition) is 3. The van der Waals surface area contributed by atoms with Crippen LogP contribution >= 0.6 is 46.4 Å². The lowest BCUT2D eigenvalue weighted by Crippen LogP contribution is -2.38. The Morgan fingerprint density at radius 2 is 1.28 bits per heavy atom. The minimum Gasteiger partial charge on any atom is -0.507 e. The van der Waals surface area contributed by atoms with Crippen molar-refractivity contribution < 1.29 is 23.2 Å². The van der Waals surface area contributed by atoms with Gasteiger partial charge in [-0.25, -0.2) is 0 Å². The summed E-state index contributed by atoms with van der Waals surface area (Å²) in [6.07, 6.45) is 0. The summed E-state index contributed by atoms with van der Waals surface area (Å²) in [7, 11) is -5.14. The van der Waals surface area contributed by atoms with Gasteiger partial charge < -0.3 is 10.2 Å². The first-order chi connectivity index (χ1) is 13.5. The van der Waals surface area contributed by atoms with Crippen molar-refractivity contribution in [3.63, 3.8) is 0 Å². The highest BCUT2D eigenvalue weighted by Crippen LogP contribution is 2.53. The second-order valence-corrected chi connectivity index (χ2v) is 9.30. The van der Waals surface area contributed by atoms with Gasteiger partial charge in [0, 0.05) is 15.6 Å². The Hall–Kier alpha value is -1.67. The lowest BCUT2D eigenvalue weighted by Gasteiger charge is -2.34. The highest BCUT2D eigenvalue weighted by Gasteiger charge is 2.53. The van der Waals surface area contributed by atoms with Gasteiger partial charge in [-0.2, -0.15) is 8.42 Å². The van der Waals surface area contributed by atoms with E-state index in [1.165, 1.54) is 36.4 Å². The third-order valence-electron chi connectivity index (χ3n) is 4.40. The average Bonchev–Trinajstić information content (AvgIpc) is 2.62. The summed E-state index contributed by atoms with van der Waals surface area (Å²) in [5.41, 5.74) is -0.790. The van der Waals surface area contributed by atoms with Gasteiger partial charge in [0.1, 0.15) is 11.5 Å². The Morgan fingerprint density at radius 3 is 1.79 bits per heavy atom. The summed E-state index contributed by atoms with van der Waals surface area (Å²) in [5, 5.41) is 21.1. The fraction of sp³-hybridized carbons (Fsp3) is 0.0526. The zero-order chi connectivity index (χ0) is 21.6. The van der Waals surface area contributed by atoms with E-state index in [9.17, 15) is 23.2 Å². The fourth-order valence-corrected chi connectivity index (χ4v) is 5.44. The number of hydrogen-bond acceptors (Lipinski definition) is 4. The maximum atomic E-state index is 13.0. The van der Waals surface area contributed by atoms with Crippen LogP contribution in [0, 0.1) is 0 Å². The molecule has 0 amide bonds. The van der Waals surface area contributed by atoms with Gasteiger partial charge in [-0.3, -0.25) is 4.55 Å². The maximum absolute atomic E-state index is 13.0. The minimum absolute atomic E-state index is 0.0438. The molecule has 3 aromatic carbocycles. The molecule has 3 rings (SSSR count). The van der Waals surface area contributed by atoms with Crippen LogP contribution < -0.4 is 0 Å². The molecule has 0 aliphatic heterocycles. The minimum atomic E-state index is -5.14. The van der Waals surface area contributed by atoms with E-state index in [1.54, 1.807) is 0 Å². The van der Waals surface area contributed by atoms with E-state index in [0.717, 1.165) is 18.2 Å². The number of phenols is 2. The molecule has 0 fully saturated rings. The summed E-state index contributed by atoms with van der Waals surface area (Å²) < 4.78 is 33.8. The largest absolute Gasteiger partial charge is 0.507 e. The number of aromatic hydroxyl groups is 2. The first-order valence-corrected chi connectivity index (χ1v) is 10.8. The van der Waals surface area contributed by atoms with E-state index in [1.807, 2.05) is 0 Å². The molecule has 0 radical (unpaired) electrons. The normalized spacial score (nSPS) is 13.8. The molecule has 29 heavy (non-hydrogen) atoms. The second kappa shape index (κ2) is 7.87. The summed E-state index contributed by atoms with van der Waals surface area (Å²) in [4.78, 5) is 0. The standard InChI is InChI=1S/C19H12Cl4O5S/c20-11-6-4-10(5-7-11)19(29(26,27)28,18-16(24)2-1-3-17(18)25)12-8-14(22)15(23)9-13(12)21/h1-9,24-25H,(H,26,27,28). The van der Waals surface area contributed by atoms with E-state index >= 15 is 0 Å². The first-order valence-electron chi connectivity index (χ1n) is 7.89. The van der Waals surface area contributed by atoms with Crippen molar-refractivity contribution in [2.75, 3.05) is 0 Å². The van der Waals surface area contributed by atoms with Crippen molar-refractivity contribution in [2.24, 2.45) is 0 Å². The molecule has 0 bridgehead atoms. The quantitative estimate of drug-likeness (QED) is 0.239. The van der Waals surface area contributed by atoms with E-state index in [-0.39, 0.29) is 26.2 Å². The first kappa shape index (κ1) is 22.0. The molecule has 0 aliphatic carbocycles. The number of rotatable bonds is 4. The third-order valence-corrected chi connectivity index (χ3v) is 7.12. The number of phenolic OH excluding ortho intramolecular Hbond substituents is 2.